The number of carbonyl (C=O) groups excluding carboxylic acids is 2. The van der Waals surface area contributed by atoms with Gasteiger partial charge >= 0.3 is 0 Å². The Morgan fingerprint density at radius 2 is 1.89 bits per heavy atom. The van der Waals surface area contributed by atoms with Crippen molar-refractivity contribution in [2.24, 2.45) is 5.92 Å². The smallest absolute Gasteiger partial charge is 0.282 e. The lowest BCUT2D eigenvalue weighted by molar-refractivity contribution is -0.124. The molecule has 1 fully saturated rings. The summed E-state index contributed by atoms with van der Waals surface area (Å²) < 4.78 is 11.9. The topological polar surface area (TPSA) is 76.1 Å². The molecule has 0 aliphatic carbocycles. The summed E-state index contributed by atoms with van der Waals surface area (Å²) >= 11 is 1.16. The molecule has 0 bridgehead atoms. The molecule has 1 aromatic carbocycles. The molecule has 6 nitrogen and oxygen atoms in total. The fourth-order valence-electron chi connectivity index (χ4n) is 4.15. The van der Waals surface area contributed by atoms with Crippen LogP contribution in [0.2, 0.25) is 18.1 Å². The van der Waals surface area contributed by atoms with Gasteiger partial charge in [0.05, 0.1) is 13.2 Å². The molecule has 8 heteroatoms. The number of nitrogens with zero attached hydrogens (tertiary/aromatic N) is 1. The van der Waals surface area contributed by atoms with Crippen molar-refractivity contribution in [3.8, 4) is 17.6 Å². The Kier molecular flexibility index (Phi) is 11.8. The minimum Gasteiger partial charge on any atom is -0.497 e. The summed E-state index contributed by atoms with van der Waals surface area (Å²) in [6.07, 6.45) is 1.12. The Morgan fingerprint density at radius 3 is 2.46 bits per heavy atom. The Labute approximate surface area is 229 Å². The Morgan fingerprint density at radius 1 is 1.24 bits per heavy atom. The normalized spacial score (nSPS) is 18.7. The van der Waals surface area contributed by atoms with Crippen LogP contribution in [0.4, 0.5) is 4.79 Å². The summed E-state index contributed by atoms with van der Waals surface area (Å²) in [5.41, 5.74) is 0.933. The van der Waals surface area contributed by atoms with Crippen LogP contribution in [0.3, 0.4) is 0 Å². The third kappa shape index (κ3) is 9.47. The van der Waals surface area contributed by atoms with Gasteiger partial charge in [-0.3, -0.25) is 9.59 Å². The average molecular weight is 548 g/mol. The number of methoxy groups -OCH3 is 1. The van der Waals surface area contributed by atoms with Gasteiger partial charge < -0.3 is 19.2 Å². The van der Waals surface area contributed by atoms with E-state index in [2.05, 4.69) is 52.6 Å². The number of aliphatic hydroxyl groups is 1. The molecule has 1 amide bonds. The molecule has 2 rings (SSSR count). The number of carbonyl (C=O) groups is 2. The van der Waals surface area contributed by atoms with Crippen molar-refractivity contribution in [1.82, 2.24) is 4.90 Å². The zero-order valence-electron chi connectivity index (χ0n) is 23.8. The number of amides is 1. The van der Waals surface area contributed by atoms with Gasteiger partial charge in [0.2, 0.25) is 0 Å². The molecule has 0 aromatic heterocycles. The highest BCUT2D eigenvalue weighted by molar-refractivity contribution is 8.13. The molecule has 0 saturated carbocycles. The third-order valence-corrected chi connectivity index (χ3v) is 12.9. The molecular formula is C29H45NO5SSi. The van der Waals surface area contributed by atoms with E-state index >= 15 is 0 Å². The fraction of sp³-hybridized carbons (Fsp3) is 0.655. The van der Waals surface area contributed by atoms with Gasteiger partial charge in [-0.05, 0) is 62.0 Å². The van der Waals surface area contributed by atoms with Gasteiger partial charge in [0.15, 0.2) is 14.1 Å². The number of hydrogen-bond acceptors (Lipinski definition) is 6. The van der Waals surface area contributed by atoms with E-state index in [4.69, 9.17) is 9.16 Å². The molecule has 1 heterocycles. The van der Waals surface area contributed by atoms with Crippen LogP contribution >= 0.6 is 11.8 Å². The minimum absolute atomic E-state index is 0.0132. The number of rotatable bonds is 13. The summed E-state index contributed by atoms with van der Waals surface area (Å²) in [6.45, 7) is 15.3. The van der Waals surface area contributed by atoms with Crippen LogP contribution in [0.1, 0.15) is 65.9 Å². The molecule has 0 spiro atoms. The van der Waals surface area contributed by atoms with Gasteiger partial charge in [-0.15, -0.1) is 11.8 Å². The zero-order chi connectivity index (χ0) is 27.8. The first-order valence-corrected chi connectivity index (χ1v) is 17.0. The second-order valence-electron chi connectivity index (χ2n) is 11.5. The van der Waals surface area contributed by atoms with Crippen molar-refractivity contribution in [2.75, 3.05) is 12.9 Å². The molecule has 1 aliphatic rings. The number of aliphatic hydroxyl groups excluding tert-OH is 1. The number of ether oxygens (including phenoxy) is 1. The molecule has 1 saturated heterocycles. The van der Waals surface area contributed by atoms with E-state index in [-0.39, 0.29) is 34.5 Å². The van der Waals surface area contributed by atoms with Crippen molar-refractivity contribution < 1.29 is 23.9 Å². The number of hydrogen-bond donors (Lipinski definition) is 1. The molecule has 1 N–H and O–H groups in total. The van der Waals surface area contributed by atoms with E-state index in [1.54, 1.807) is 12.0 Å². The number of thioether (sulfide) groups is 1. The minimum atomic E-state index is -2.06. The van der Waals surface area contributed by atoms with Crippen LogP contribution in [0.5, 0.6) is 5.75 Å². The van der Waals surface area contributed by atoms with E-state index in [0.717, 1.165) is 35.9 Å². The van der Waals surface area contributed by atoms with Crippen molar-refractivity contribution in [1.29, 1.82) is 0 Å². The fourth-order valence-corrected chi connectivity index (χ4v) is 6.57. The predicted octanol–water partition coefficient (Wildman–Crippen LogP) is 6.27. The van der Waals surface area contributed by atoms with Crippen molar-refractivity contribution in [3.63, 3.8) is 0 Å². The summed E-state index contributed by atoms with van der Waals surface area (Å²) in [4.78, 5) is 27.4. The van der Waals surface area contributed by atoms with Gasteiger partial charge in [-0.2, -0.15) is 0 Å². The van der Waals surface area contributed by atoms with E-state index in [0.29, 0.717) is 18.7 Å². The molecule has 206 valence electrons. The predicted molar refractivity (Wildman–Crippen MR) is 154 cm³/mol. The van der Waals surface area contributed by atoms with Crippen molar-refractivity contribution in [2.45, 2.75) is 103 Å². The lowest BCUT2D eigenvalue weighted by Crippen LogP contribution is -2.45. The highest BCUT2D eigenvalue weighted by atomic mass is 32.2. The standard InChI is InChI=1S/C29H45NO5SSi/c1-9-10-21(2)11-14-25(35-37(7,8)29(3,4)5)17-23(31)18-27(32)26-20-36-28(33)30(26)19-22-12-15-24(34-6)16-13-22/h12-13,15-16,21,23,25-26,31H,11,14,17-20H2,1-8H3/t21-,23?,25-,26+/m1/s1. The van der Waals surface area contributed by atoms with Crippen molar-refractivity contribution >= 4 is 31.1 Å². The van der Waals surface area contributed by atoms with Gasteiger partial charge in [-0.1, -0.05) is 51.6 Å². The molecule has 0 radical (unpaired) electrons. The maximum atomic E-state index is 13.2. The zero-order valence-corrected chi connectivity index (χ0v) is 25.6. The number of Topliss-reactive ketones (excluding diaryl/α,β-unsaturated/α-hetero) is 1. The van der Waals surface area contributed by atoms with Crippen LogP contribution in [0, 0.1) is 17.8 Å². The van der Waals surface area contributed by atoms with E-state index < -0.39 is 20.5 Å². The molecule has 37 heavy (non-hydrogen) atoms. The molecular weight excluding hydrogens is 502 g/mol. The second-order valence-corrected chi connectivity index (χ2v) is 17.2. The van der Waals surface area contributed by atoms with E-state index in [1.807, 2.05) is 31.2 Å². The first kappa shape index (κ1) is 31.4. The second kappa shape index (κ2) is 13.8. The Balaban J connectivity index is 2.05. The number of ketones is 1. The molecule has 1 aliphatic heterocycles. The molecule has 1 unspecified atom stereocenters. The first-order chi connectivity index (χ1) is 17.3. The van der Waals surface area contributed by atoms with Crippen LogP contribution in [0.15, 0.2) is 24.3 Å². The largest absolute Gasteiger partial charge is 0.497 e. The maximum absolute atomic E-state index is 13.2. The van der Waals surface area contributed by atoms with Gasteiger partial charge in [0.1, 0.15) is 11.8 Å². The maximum Gasteiger partial charge on any atom is 0.282 e. The highest BCUT2D eigenvalue weighted by Crippen LogP contribution is 2.38. The van der Waals surface area contributed by atoms with Crippen LogP contribution < -0.4 is 4.74 Å². The Hall–Kier alpha value is -1.79. The summed E-state index contributed by atoms with van der Waals surface area (Å²) in [5.74, 6) is 7.48. The van der Waals surface area contributed by atoms with Crippen LogP contribution in [-0.4, -0.2) is 60.5 Å². The van der Waals surface area contributed by atoms with Gasteiger partial charge in [0.25, 0.3) is 5.24 Å². The number of benzene rings is 1. The molecule has 1 aromatic rings. The van der Waals surface area contributed by atoms with Gasteiger partial charge in [-0.25, -0.2) is 0 Å². The molecule has 4 atom stereocenters. The van der Waals surface area contributed by atoms with Crippen LogP contribution in [0.25, 0.3) is 0 Å². The van der Waals surface area contributed by atoms with Crippen molar-refractivity contribution in [3.05, 3.63) is 29.8 Å². The monoisotopic (exact) mass is 547 g/mol. The van der Waals surface area contributed by atoms with Gasteiger partial charge in [0, 0.05) is 30.7 Å². The third-order valence-electron chi connectivity index (χ3n) is 7.41. The van der Waals surface area contributed by atoms with Crippen LogP contribution in [-0.2, 0) is 15.8 Å². The lowest BCUT2D eigenvalue weighted by Gasteiger charge is -2.40. The first-order valence-electron chi connectivity index (χ1n) is 13.1. The quantitative estimate of drug-likeness (QED) is 0.232. The summed E-state index contributed by atoms with van der Waals surface area (Å²) in [6, 6.07) is 6.96. The SMILES string of the molecule is CC#C[C@@H](C)CC[C@H](CC(O)CC(=O)[C@@H]1CSC(=O)N1Cc1ccc(OC)cc1)O[Si](C)(C)C(C)(C)C. The highest BCUT2D eigenvalue weighted by Gasteiger charge is 2.40. The summed E-state index contributed by atoms with van der Waals surface area (Å²) in [7, 11) is -0.450. The summed E-state index contributed by atoms with van der Waals surface area (Å²) in [5, 5.41) is 10.9. The van der Waals surface area contributed by atoms with E-state index in [1.165, 1.54) is 0 Å². The average Bonchev–Trinajstić information content (AvgIpc) is 3.17. The Bertz CT molecular complexity index is 963. The lowest BCUT2D eigenvalue weighted by atomic mass is 9.97. The van der Waals surface area contributed by atoms with E-state index in [9.17, 15) is 14.7 Å².